The highest BCUT2D eigenvalue weighted by molar-refractivity contribution is 9.10. The summed E-state index contributed by atoms with van der Waals surface area (Å²) in [5, 5.41) is 3.18. The SMILES string of the molecule is SCc1ccc(Cl)cc1-c1cc2ccccc2cc1Br. The van der Waals surface area contributed by atoms with E-state index in [2.05, 4.69) is 58.9 Å². The average molecular weight is 364 g/mol. The van der Waals surface area contributed by atoms with E-state index in [4.69, 9.17) is 11.6 Å². The third-order valence-corrected chi connectivity index (χ3v) is 4.60. The second-order valence-electron chi connectivity index (χ2n) is 4.64. The van der Waals surface area contributed by atoms with Crippen LogP contribution in [0.15, 0.2) is 59.1 Å². The van der Waals surface area contributed by atoms with E-state index in [1.165, 1.54) is 16.3 Å². The molecule has 3 rings (SSSR count). The van der Waals surface area contributed by atoms with Crippen LogP contribution in [0.3, 0.4) is 0 Å². The lowest BCUT2D eigenvalue weighted by Crippen LogP contribution is -1.88. The Morgan fingerprint density at radius 3 is 2.30 bits per heavy atom. The minimum atomic E-state index is 0.686. The van der Waals surface area contributed by atoms with Crippen molar-refractivity contribution >= 4 is 50.9 Å². The third-order valence-electron chi connectivity index (χ3n) is 3.37. The number of hydrogen-bond donors (Lipinski definition) is 1. The zero-order valence-corrected chi connectivity index (χ0v) is 13.8. The highest BCUT2D eigenvalue weighted by Gasteiger charge is 2.10. The molecule has 3 heteroatoms. The van der Waals surface area contributed by atoms with Crippen LogP contribution in [-0.2, 0) is 5.75 Å². The van der Waals surface area contributed by atoms with E-state index in [1.54, 1.807) is 0 Å². The van der Waals surface area contributed by atoms with Crippen molar-refractivity contribution in [1.82, 2.24) is 0 Å². The predicted octanol–water partition coefficient (Wildman–Crippen LogP) is 6.35. The summed E-state index contributed by atoms with van der Waals surface area (Å²) in [5.41, 5.74) is 3.45. The van der Waals surface area contributed by atoms with E-state index >= 15 is 0 Å². The van der Waals surface area contributed by atoms with Gasteiger partial charge in [-0.3, -0.25) is 0 Å². The second-order valence-corrected chi connectivity index (χ2v) is 6.25. The van der Waals surface area contributed by atoms with Crippen LogP contribution in [0.25, 0.3) is 21.9 Å². The lowest BCUT2D eigenvalue weighted by molar-refractivity contribution is 1.42. The fourth-order valence-electron chi connectivity index (χ4n) is 2.36. The first-order valence-corrected chi connectivity index (χ1v) is 8.07. The summed E-state index contributed by atoms with van der Waals surface area (Å²) < 4.78 is 1.07. The Bertz CT molecular complexity index is 783. The van der Waals surface area contributed by atoms with E-state index in [1.807, 2.05) is 24.3 Å². The molecular formula is C17H12BrClS. The van der Waals surface area contributed by atoms with Crippen LogP contribution in [0.2, 0.25) is 5.02 Å². The summed E-state index contributed by atoms with van der Waals surface area (Å²) in [6.45, 7) is 0. The minimum Gasteiger partial charge on any atom is -0.175 e. The Hall–Kier alpha value is -0.960. The Morgan fingerprint density at radius 2 is 1.60 bits per heavy atom. The quantitative estimate of drug-likeness (QED) is 0.504. The monoisotopic (exact) mass is 362 g/mol. The number of halogens is 2. The van der Waals surface area contributed by atoms with E-state index in [-0.39, 0.29) is 0 Å². The maximum Gasteiger partial charge on any atom is 0.0412 e. The van der Waals surface area contributed by atoms with Gasteiger partial charge in [-0.15, -0.1) is 0 Å². The number of thiol groups is 1. The van der Waals surface area contributed by atoms with Gasteiger partial charge in [0.25, 0.3) is 0 Å². The van der Waals surface area contributed by atoms with Crippen LogP contribution in [0.1, 0.15) is 5.56 Å². The van der Waals surface area contributed by atoms with E-state index < -0.39 is 0 Å². The topological polar surface area (TPSA) is 0 Å². The molecule has 0 atom stereocenters. The molecule has 0 radical (unpaired) electrons. The summed E-state index contributed by atoms with van der Waals surface area (Å²) in [5.74, 6) is 0.686. The molecule has 100 valence electrons. The first kappa shape index (κ1) is 14.0. The van der Waals surface area contributed by atoms with Gasteiger partial charge in [-0.05, 0) is 51.7 Å². The molecule has 0 saturated carbocycles. The van der Waals surface area contributed by atoms with Crippen LogP contribution >= 0.6 is 40.2 Å². The van der Waals surface area contributed by atoms with E-state index in [0.29, 0.717) is 5.75 Å². The summed E-state index contributed by atoms with van der Waals surface area (Å²) >= 11 is 14.2. The highest BCUT2D eigenvalue weighted by Crippen LogP contribution is 2.36. The van der Waals surface area contributed by atoms with Crippen LogP contribution in [0.5, 0.6) is 0 Å². The standard InChI is InChI=1S/C17H12BrClS/c18-17-8-12-4-2-1-3-11(12)7-16(17)15-9-14(19)6-5-13(15)10-20/h1-9,20H,10H2. The minimum absolute atomic E-state index is 0.686. The van der Waals surface area contributed by atoms with Crippen molar-refractivity contribution in [3.63, 3.8) is 0 Å². The number of benzene rings is 3. The Balaban J connectivity index is 2.28. The average Bonchev–Trinajstić information content (AvgIpc) is 2.46. The summed E-state index contributed by atoms with van der Waals surface area (Å²) in [4.78, 5) is 0. The maximum absolute atomic E-state index is 6.15. The summed E-state index contributed by atoms with van der Waals surface area (Å²) in [6.07, 6.45) is 0. The van der Waals surface area contributed by atoms with Gasteiger partial charge in [0.2, 0.25) is 0 Å². The molecule has 0 aromatic heterocycles. The van der Waals surface area contributed by atoms with Gasteiger partial charge in [-0.1, -0.05) is 57.9 Å². The second kappa shape index (κ2) is 5.80. The lowest BCUT2D eigenvalue weighted by atomic mass is 9.98. The van der Waals surface area contributed by atoms with E-state index in [0.717, 1.165) is 20.6 Å². The molecule has 0 amide bonds. The van der Waals surface area contributed by atoms with Crippen molar-refractivity contribution < 1.29 is 0 Å². The van der Waals surface area contributed by atoms with Gasteiger partial charge in [-0.2, -0.15) is 12.6 Å². The normalized spacial score (nSPS) is 10.9. The van der Waals surface area contributed by atoms with Gasteiger partial charge < -0.3 is 0 Å². The Labute approximate surface area is 137 Å². The van der Waals surface area contributed by atoms with Crippen molar-refractivity contribution in [2.24, 2.45) is 0 Å². The molecule has 0 nitrogen and oxygen atoms in total. The van der Waals surface area contributed by atoms with Crippen molar-refractivity contribution in [1.29, 1.82) is 0 Å². The van der Waals surface area contributed by atoms with Crippen LogP contribution in [0.4, 0.5) is 0 Å². The first-order valence-electron chi connectivity index (χ1n) is 6.27. The van der Waals surface area contributed by atoms with Gasteiger partial charge in [-0.25, -0.2) is 0 Å². The molecule has 0 unspecified atom stereocenters. The largest absolute Gasteiger partial charge is 0.175 e. The van der Waals surface area contributed by atoms with Crippen LogP contribution in [-0.4, -0.2) is 0 Å². The van der Waals surface area contributed by atoms with Gasteiger partial charge in [0.15, 0.2) is 0 Å². The fourth-order valence-corrected chi connectivity index (χ4v) is 3.38. The van der Waals surface area contributed by atoms with Crippen LogP contribution in [0, 0.1) is 0 Å². The third kappa shape index (κ3) is 2.60. The summed E-state index contributed by atoms with van der Waals surface area (Å²) in [6, 6.07) is 18.6. The molecule has 20 heavy (non-hydrogen) atoms. The van der Waals surface area contributed by atoms with E-state index in [9.17, 15) is 0 Å². The molecule has 0 spiro atoms. The Morgan fingerprint density at radius 1 is 0.900 bits per heavy atom. The molecule has 0 aliphatic carbocycles. The van der Waals surface area contributed by atoms with Gasteiger partial charge in [0.1, 0.15) is 0 Å². The van der Waals surface area contributed by atoms with Crippen molar-refractivity contribution in [2.45, 2.75) is 5.75 Å². The van der Waals surface area contributed by atoms with Crippen molar-refractivity contribution in [2.75, 3.05) is 0 Å². The predicted molar refractivity (Wildman–Crippen MR) is 94.8 cm³/mol. The number of rotatable bonds is 2. The molecule has 0 saturated heterocycles. The molecule has 0 N–H and O–H groups in total. The highest BCUT2D eigenvalue weighted by atomic mass is 79.9. The lowest BCUT2D eigenvalue weighted by Gasteiger charge is -2.12. The molecule has 3 aromatic carbocycles. The molecule has 0 aliphatic heterocycles. The zero-order valence-electron chi connectivity index (χ0n) is 10.6. The van der Waals surface area contributed by atoms with Crippen molar-refractivity contribution in [3.05, 3.63) is 69.7 Å². The molecular weight excluding hydrogens is 352 g/mol. The zero-order chi connectivity index (χ0) is 14.1. The first-order chi connectivity index (χ1) is 9.69. The molecule has 0 aliphatic rings. The summed E-state index contributed by atoms with van der Waals surface area (Å²) in [7, 11) is 0. The molecule has 0 heterocycles. The van der Waals surface area contributed by atoms with Gasteiger partial charge in [0.05, 0.1) is 0 Å². The molecule has 0 fully saturated rings. The number of hydrogen-bond acceptors (Lipinski definition) is 1. The smallest absolute Gasteiger partial charge is 0.0412 e. The number of fused-ring (bicyclic) bond motifs is 1. The van der Waals surface area contributed by atoms with Crippen LogP contribution < -0.4 is 0 Å². The molecule has 3 aromatic rings. The van der Waals surface area contributed by atoms with Crippen molar-refractivity contribution in [3.8, 4) is 11.1 Å². The fraction of sp³-hybridized carbons (Fsp3) is 0.0588. The molecule has 0 bridgehead atoms. The van der Waals surface area contributed by atoms with Gasteiger partial charge in [0, 0.05) is 15.2 Å². The van der Waals surface area contributed by atoms with Gasteiger partial charge >= 0.3 is 0 Å². The Kier molecular flexibility index (Phi) is 4.06. The maximum atomic E-state index is 6.15.